The fourth-order valence-corrected chi connectivity index (χ4v) is 1.81. The second kappa shape index (κ2) is 4.32. The van der Waals surface area contributed by atoms with Gasteiger partial charge in [0.25, 0.3) is 5.69 Å². The van der Waals surface area contributed by atoms with Crippen LogP contribution in [0.4, 0.5) is 18.9 Å². The summed E-state index contributed by atoms with van der Waals surface area (Å²) in [5.41, 5.74) is -3.41. The van der Waals surface area contributed by atoms with Gasteiger partial charge in [0.1, 0.15) is 5.56 Å². The minimum Gasteiger partial charge on any atom is -0.478 e. The first-order valence-corrected chi connectivity index (χ1v) is 4.72. The molecule has 0 unspecified atom stereocenters. The number of nitro benzene ring substituents is 1. The number of benzene rings is 1. The molecule has 1 aromatic carbocycles. The van der Waals surface area contributed by atoms with E-state index in [0.717, 1.165) is 0 Å². The number of nitrogens with zero attached hydrogens (tertiary/aromatic N) is 1. The molecule has 5 nitrogen and oxygen atoms in total. The Bertz CT molecular complexity index is 500. The van der Waals surface area contributed by atoms with E-state index < -0.39 is 38.4 Å². The smallest absolute Gasteiger partial charge is 0.424 e. The van der Waals surface area contributed by atoms with Crippen LogP contribution in [-0.2, 0) is 6.18 Å². The summed E-state index contributed by atoms with van der Waals surface area (Å²) in [6.07, 6.45) is -4.95. The maximum Gasteiger partial charge on any atom is 0.424 e. The minimum atomic E-state index is -4.95. The van der Waals surface area contributed by atoms with Crippen molar-refractivity contribution >= 4 is 27.6 Å². The zero-order valence-corrected chi connectivity index (χ0v) is 9.37. The predicted molar refractivity (Wildman–Crippen MR) is 52.8 cm³/mol. The molecule has 0 heterocycles. The Morgan fingerprint density at radius 2 is 1.94 bits per heavy atom. The molecule has 0 atom stereocenters. The minimum absolute atomic E-state index is 0.371. The first-order chi connectivity index (χ1) is 7.64. The molecular formula is C8H3BrF3NO4. The molecule has 0 fully saturated rings. The van der Waals surface area contributed by atoms with Gasteiger partial charge < -0.3 is 5.11 Å². The van der Waals surface area contributed by atoms with E-state index in [1.807, 2.05) is 0 Å². The molecule has 0 aliphatic heterocycles. The van der Waals surface area contributed by atoms with Crippen LogP contribution in [0.15, 0.2) is 16.6 Å². The normalized spacial score (nSPS) is 11.3. The van der Waals surface area contributed by atoms with Gasteiger partial charge in [-0.1, -0.05) is 0 Å². The van der Waals surface area contributed by atoms with Crippen molar-refractivity contribution in [1.29, 1.82) is 0 Å². The number of nitro groups is 1. The zero-order valence-electron chi connectivity index (χ0n) is 7.79. The molecule has 1 rings (SSSR count). The maximum atomic E-state index is 12.5. The van der Waals surface area contributed by atoms with Crippen molar-refractivity contribution in [3.8, 4) is 0 Å². The summed E-state index contributed by atoms with van der Waals surface area (Å²) in [6, 6.07) is 1.04. The van der Waals surface area contributed by atoms with Crippen molar-refractivity contribution in [1.82, 2.24) is 0 Å². The zero-order chi connectivity index (χ0) is 13.4. The van der Waals surface area contributed by atoms with Gasteiger partial charge in [-0.2, -0.15) is 13.2 Å². The van der Waals surface area contributed by atoms with E-state index in [1.54, 1.807) is 0 Å². The largest absolute Gasteiger partial charge is 0.478 e. The Balaban J connectivity index is 3.61. The van der Waals surface area contributed by atoms with Crippen LogP contribution in [0.2, 0.25) is 0 Å². The van der Waals surface area contributed by atoms with Crippen LogP contribution in [0.1, 0.15) is 15.9 Å². The summed E-state index contributed by atoms with van der Waals surface area (Å²) in [5, 5.41) is 19.1. The molecule has 0 spiro atoms. The monoisotopic (exact) mass is 313 g/mol. The van der Waals surface area contributed by atoms with Gasteiger partial charge in [0.15, 0.2) is 0 Å². The van der Waals surface area contributed by atoms with Gasteiger partial charge in [-0.15, -0.1) is 0 Å². The van der Waals surface area contributed by atoms with Gasteiger partial charge in [0.05, 0.1) is 10.5 Å². The van der Waals surface area contributed by atoms with Crippen LogP contribution in [0.3, 0.4) is 0 Å². The number of hydrogen-bond acceptors (Lipinski definition) is 3. The lowest BCUT2D eigenvalue weighted by atomic mass is 10.1. The molecule has 0 saturated carbocycles. The predicted octanol–water partition coefficient (Wildman–Crippen LogP) is 3.07. The SMILES string of the molecule is O=C(O)c1cc(Br)c(C(F)(F)F)c([N+](=O)[O-])c1. The molecule has 1 aromatic rings. The number of alkyl halides is 3. The van der Waals surface area contributed by atoms with E-state index in [-0.39, 0.29) is 0 Å². The molecule has 0 aliphatic carbocycles. The topological polar surface area (TPSA) is 80.4 Å². The van der Waals surface area contributed by atoms with Crippen molar-refractivity contribution in [3.63, 3.8) is 0 Å². The number of carboxylic acid groups (broad SMARTS) is 1. The molecular weight excluding hydrogens is 311 g/mol. The van der Waals surface area contributed by atoms with Crippen molar-refractivity contribution in [2.75, 3.05) is 0 Å². The van der Waals surface area contributed by atoms with E-state index in [0.29, 0.717) is 12.1 Å². The highest BCUT2D eigenvalue weighted by Gasteiger charge is 2.41. The Labute approximate surface area is 100 Å². The number of halogens is 4. The third kappa shape index (κ3) is 2.73. The fraction of sp³-hybridized carbons (Fsp3) is 0.125. The lowest BCUT2D eigenvalue weighted by Crippen LogP contribution is -2.11. The van der Waals surface area contributed by atoms with Gasteiger partial charge in [-0.25, -0.2) is 4.79 Å². The van der Waals surface area contributed by atoms with E-state index in [4.69, 9.17) is 5.11 Å². The van der Waals surface area contributed by atoms with Crippen LogP contribution in [0.5, 0.6) is 0 Å². The summed E-state index contributed by atoms with van der Waals surface area (Å²) in [5.74, 6) is -1.55. The van der Waals surface area contributed by atoms with Crippen LogP contribution >= 0.6 is 15.9 Å². The molecule has 0 amide bonds. The molecule has 0 bridgehead atoms. The van der Waals surface area contributed by atoms with Crippen LogP contribution in [-0.4, -0.2) is 16.0 Å². The van der Waals surface area contributed by atoms with Gasteiger partial charge in [0.2, 0.25) is 0 Å². The average molecular weight is 314 g/mol. The molecule has 0 aromatic heterocycles. The van der Waals surface area contributed by atoms with Gasteiger partial charge in [-0.05, 0) is 22.0 Å². The standard InChI is InChI=1S/C8H3BrF3NO4/c9-4-1-3(7(14)15)2-5(13(16)17)6(4)8(10,11)12/h1-2H,(H,14,15). The average Bonchev–Trinajstić information content (AvgIpc) is 2.13. The summed E-state index contributed by atoms with van der Waals surface area (Å²) in [7, 11) is 0. The summed E-state index contributed by atoms with van der Waals surface area (Å²) in [4.78, 5) is 19.8. The van der Waals surface area contributed by atoms with Crippen LogP contribution in [0.25, 0.3) is 0 Å². The van der Waals surface area contributed by atoms with Gasteiger partial charge >= 0.3 is 12.1 Å². The Morgan fingerprint density at radius 3 is 2.29 bits per heavy atom. The Kier molecular flexibility index (Phi) is 3.41. The van der Waals surface area contributed by atoms with Crippen molar-refractivity contribution < 1.29 is 28.0 Å². The third-order valence-corrected chi connectivity index (χ3v) is 2.42. The van der Waals surface area contributed by atoms with E-state index in [1.165, 1.54) is 0 Å². The number of hydrogen-bond donors (Lipinski definition) is 1. The molecule has 0 saturated heterocycles. The summed E-state index contributed by atoms with van der Waals surface area (Å²) >= 11 is 2.48. The van der Waals surface area contributed by atoms with Crippen LogP contribution in [0, 0.1) is 10.1 Å². The highest BCUT2D eigenvalue weighted by molar-refractivity contribution is 9.10. The van der Waals surface area contributed by atoms with Crippen LogP contribution < -0.4 is 0 Å². The highest BCUT2D eigenvalue weighted by atomic mass is 79.9. The van der Waals surface area contributed by atoms with E-state index in [9.17, 15) is 28.1 Å². The molecule has 9 heteroatoms. The second-order valence-corrected chi connectivity index (χ2v) is 3.77. The van der Waals surface area contributed by atoms with Crippen molar-refractivity contribution in [3.05, 3.63) is 37.8 Å². The lowest BCUT2D eigenvalue weighted by Gasteiger charge is -2.10. The number of carbonyl (C=O) groups is 1. The number of rotatable bonds is 2. The molecule has 0 aliphatic rings. The first kappa shape index (κ1) is 13.4. The number of carboxylic acids is 1. The first-order valence-electron chi connectivity index (χ1n) is 3.93. The molecule has 1 N–H and O–H groups in total. The third-order valence-electron chi connectivity index (χ3n) is 1.80. The highest BCUT2D eigenvalue weighted by Crippen LogP contribution is 2.41. The molecule has 17 heavy (non-hydrogen) atoms. The lowest BCUT2D eigenvalue weighted by molar-refractivity contribution is -0.388. The summed E-state index contributed by atoms with van der Waals surface area (Å²) < 4.78 is 36.9. The van der Waals surface area contributed by atoms with E-state index in [2.05, 4.69) is 15.9 Å². The van der Waals surface area contributed by atoms with E-state index >= 15 is 0 Å². The molecule has 92 valence electrons. The van der Waals surface area contributed by atoms with Gasteiger partial charge in [0, 0.05) is 10.5 Å². The number of aromatic carboxylic acids is 1. The quantitative estimate of drug-likeness (QED) is 0.672. The van der Waals surface area contributed by atoms with Crippen molar-refractivity contribution in [2.24, 2.45) is 0 Å². The summed E-state index contributed by atoms with van der Waals surface area (Å²) in [6.45, 7) is 0. The molecule has 0 radical (unpaired) electrons. The van der Waals surface area contributed by atoms with Crippen molar-refractivity contribution in [2.45, 2.75) is 6.18 Å². The maximum absolute atomic E-state index is 12.5. The van der Waals surface area contributed by atoms with Gasteiger partial charge in [-0.3, -0.25) is 10.1 Å². The second-order valence-electron chi connectivity index (χ2n) is 2.91. The Hall–Kier alpha value is -1.64. The Morgan fingerprint density at radius 1 is 1.41 bits per heavy atom. The fourth-order valence-electron chi connectivity index (χ4n) is 1.14.